The van der Waals surface area contributed by atoms with Crippen LogP contribution >= 0.6 is 0 Å². The fraction of sp³-hybridized carbons (Fsp3) is 0.550. The number of carbonyl (C=O) groups is 1. The molecule has 2 bridgehead atoms. The molecule has 1 aromatic carbocycles. The Morgan fingerprint density at radius 2 is 1.92 bits per heavy atom. The number of hydrogen-bond donors (Lipinski definition) is 2. The number of para-hydroxylation sites is 1. The van der Waals surface area contributed by atoms with Crippen LogP contribution in [0.4, 0.5) is 5.69 Å². The van der Waals surface area contributed by atoms with E-state index in [2.05, 4.69) is 41.7 Å². The van der Waals surface area contributed by atoms with Crippen LogP contribution in [0.5, 0.6) is 0 Å². The molecular formula is C20H27NO3. The zero-order chi connectivity index (χ0) is 16.8. The summed E-state index contributed by atoms with van der Waals surface area (Å²) in [6.07, 6.45) is 10.4. The van der Waals surface area contributed by atoms with Crippen LogP contribution in [0, 0.1) is 11.8 Å². The number of anilines is 1. The van der Waals surface area contributed by atoms with E-state index in [0.29, 0.717) is 24.0 Å². The predicted octanol–water partition coefficient (Wildman–Crippen LogP) is 4.09. The third kappa shape index (κ3) is 4.38. The first-order chi connectivity index (χ1) is 11.7. The standard InChI is InChI=1S/C20H27NO3/c22-20(23)11-7-2-1-6-10-16-17(19-13-12-18(16)24-19)14-21-15-8-4-3-5-9-15/h1,3-6,8-9,16-19,21H,2,7,10-14H2,(H,22,23)/t16-,17-,18-,19+/m1/s1. The molecule has 2 aliphatic rings. The number of carboxylic acids is 1. The van der Waals surface area contributed by atoms with Crippen molar-refractivity contribution in [2.75, 3.05) is 11.9 Å². The summed E-state index contributed by atoms with van der Waals surface area (Å²) in [5.74, 6) is 0.431. The molecule has 4 nitrogen and oxygen atoms in total. The minimum absolute atomic E-state index is 0.255. The molecule has 3 rings (SSSR count). The van der Waals surface area contributed by atoms with Crippen molar-refractivity contribution < 1.29 is 14.6 Å². The highest BCUT2D eigenvalue weighted by atomic mass is 16.5. The summed E-state index contributed by atoms with van der Waals surface area (Å²) in [5.41, 5.74) is 1.17. The second-order valence-corrected chi connectivity index (χ2v) is 6.86. The van der Waals surface area contributed by atoms with Gasteiger partial charge in [0.1, 0.15) is 0 Å². The minimum Gasteiger partial charge on any atom is -0.481 e. The molecular weight excluding hydrogens is 302 g/mol. The monoisotopic (exact) mass is 329 g/mol. The molecule has 2 N–H and O–H groups in total. The molecule has 0 saturated carbocycles. The van der Waals surface area contributed by atoms with E-state index in [1.165, 1.54) is 18.5 Å². The number of ether oxygens (including phenoxy) is 1. The lowest BCUT2D eigenvalue weighted by Gasteiger charge is -2.27. The molecule has 0 aromatic heterocycles. The first-order valence-electron chi connectivity index (χ1n) is 9.05. The SMILES string of the molecule is O=C(O)CCCC=CC[C@@H]1[C@@H](CNc2ccccc2)[C@@H]2CC[C@H]1O2. The van der Waals surface area contributed by atoms with Gasteiger partial charge in [-0.2, -0.15) is 0 Å². The number of nitrogens with one attached hydrogen (secondary N) is 1. The van der Waals surface area contributed by atoms with Gasteiger partial charge in [-0.3, -0.25) is 4.79 Å². The summed E-state index contributed by atoms with van der Waals surface area (Å²) >= 11 is 0. The van der Waals surface area contributed by atoms with Crippen LogP contribution in [0.3, 0.4) is 0 Å². The smallest absolute Gasteiger partial charge is 0.303 e. The van der Waals surface area contributed by atoms with Crippen LogP contribution in [0.1, 0.15) is 38.5 Å². The van der Waals surface area contributed by atoms with Crippen LogP contribution in [0.15, 0.2) is 42.5 Å². The average molecular weight is 329 g/mol. The molecule has 130 valence electrons. The number of benzene rings is 1. The van der Waals surface area contributed by atoms with Crippen LogP contribution in [-0.2, 0) is 9.53 Å². The maximum Gasteiger partial charge on any atom is 0.303 e. The molecule has 1 aromatic rings. The Balaban J connectivity index is 1.47. The minimum atomic E-state index is -0.711. The number of rotatable bonds is 9. The van der Waals surface area contributed by atoms with Crippen molar-refractivity contribution in [3.63, 3.8) is 0 Å². The van der Waals surface area contributed by atoms with E-state index in [0.717, 1.165) is 25.8 Å². The molecule has 0 amide bonds. The molecule has 2 fully saturated rings. The van der Waals surface area contributed by atoms with Gasteiger partial charge in [-0.1, -0.05) is 30.4 Å². The Hall–Kier alpha value is -1.81. The average Bonchev–Trinajstić information content (AvgIpc) is 3.18. The highest BCUT2D eigenvalue weighted by molar-refractivity contribution is 5.66. The summed E-state index contributed by atoms with van der Waals surface area (Å²) < 4.78 is 6.14. The highest BCUT2D eigenvalue weighted by Gasteiger charge is 2.47. The summed E-state index contributed by atoms with van der Waals surface area (Å²) in [5, 5.41) is 12.2. The molecule has 0 aliphatic carbocycles. The molecule has 4 atom stereocenters. The number of hydrogen-bond acceptors (Lipinski definition) is 3. The Morgan fingerprint density at radius 3 is 2.67 bits per heavy atom. The van der Waals surface area contributed by atoms with Gasteiger partial charge >= 0.3 is 5.97 Å². The summed E-state index contributed by atoms with van der Waals surface area (Å²) in [6, 6.07) is 10.3. The predicted molar refractivity (Wildman–Crippen MR) is 95.1 cm³/mol. The maximum absolute atomic E-state index is 10.5. The van der Waals surface area contributed by atoms with Crippen molar-refractivity contribution in [1.29, 1.82) is 0 Å². The molecule has 2 heterocycles. The van der Waals surface area contributed by atoms with Crippen LogP contribution in [0.2, 0.25) is 0 Å². The lowest BCUT2D eigenvalue weighted by Crippen LogP contribution is -2.32. The van der Waals surface area contributed by atoms with Gasteiger partial charge in [0.2, 0.25) is 0 Å². The highest BCUT2D eigenvalue weighted by Crippen LogP contribution is 2.45. The van der Waals surface area contributed by atoms with Gasteiger partial charge in [0, 0.05) is 24.6 Å². The van der Waals surface area contributed by atoms with E-state index in [-0.39, 0.29) is 6.42 Å². The van der Waals surface area contributed by atoms with Crippen molar-refractivity contribution in [3.8, 4) is 0 Å². The molecule has 4 heteroatoms. The first-order valence-corrected chi connectivity index (χ1v) is 9.05. The van der Waals surface area contributed by atoms with Gasteiger partial charge in [-0.05, 0) is 50.2 Å². The molecule has 0 unspecified atom stereocenters. The fourth-order valence-electron chi connectivity index (χ4n) is 4.01. The van der Waals surface area contributed by atoms with Crippen molar-refractivity contribution in [3.05, 3.63) is 42.5 Å². The van der Waals surface area contributed by atoms with Gasteiger partial charge in [0.15, 0.2) is 0 Å². The van der Waals surface area contributed by atoms with Gasteiger partial charge in [-0.25, -0.2) is 0 Å². The van der Waals surface area contributed by atoms with E-state index in [1.54, 1.807) is 0 Å². The van der Waals surface area contributed by atoms with Gasteiger partial charge in [-0.15, -0.1) is 0 Å². The van der Waals surface area contributed by atoms with Crippen LogP contribution in [-0.4, -0.2) is 29.8 Å². The fourth-order valence-corrected chi connectivity index (χ4v) is 4.01. The second kappa shape index (κ2) is 8.34. The van der Waals surface area contributed by atoms with Crippen molar-refractivity contribution in [1.82, 2.24) is 0 Å². The number of aliphatic carboxylic acids is 1. The number of allylic oxidation sites excluding steroid dienone is 2. The molecule has 0 spiro atoms. The molecule has 2 saturated heterocycles. The van der Waals surface area contributed by atoms with Crippen molar-refractivity contribution >= 4 is 11.7 Å². The van der Waals surface area contributed by atoms with Gasteiger partial charge in [0.05, 0.1) is 12.2 Å². The number of fused-ring (bicyclic) bond motifs is 2. The lowest BCUT2D eigenvalue weighted by atomic mass is 9.77. The van der Waals surface area contributed by atoms with E-state index in [4.69, 9.17) is 9.84 Å². The lowest BCUT2D eigenvalue weighted by molar-refractivity contribution is -0.137. The van der Waals surface area contributed by atoms with E-state index >= 15 is 0 Å². The molecule has 2 aliphatic heterocycles. The molecule has 24 heavy (non-hydrogen) atoms. The number of unbranched alkanes of at least 4 members (excludes halogenated alkanes) is 1. The quantitative estimate of drug-likeness (QED) is 0.529. The largest absolute Gasteiger partial charge is 0.481 e. The van der Waals surface area contributed by atoms with Gasteiger partial charge < -0.3 is 15.2 Å². The van der Waals surface area contributed by atoms with E-state index in [1.807, 2.05) is 6.07 Å². The Labute approximate surface area is 143 Å². The van der Waals surface area contributed by atoms with Crippen molar-refractivity contribution in [2.24, 2.45) is 11.8 Å². The third-order valence-corrected chi connectivity index (χ3v) is 5.24. The van der Waals surface area contributed by atoms with Gasteiger partial charge in [0.25, 0.3) is 0 Å². The summed E-state index contributed by atoms with van der Waals surface area (Å²) in [7, 11) is 0. The van der Waals surface area contributed by atoms with Crippen molar-refractivity contribution in [2.45, 2.75) is 50.7 Å². The Morgan fingerprint density at radius 1 is 1.17 bits per heavy atom. The van der Waals surface area contributed by atoms with Crippen LogP contribution in [0.25, 0.3) is 0 Å². The summed E-state index contributed by atoms with van der Waals surface area (Å²) in [4.78, 5) is 10.5. The Kier molecular flexibility index (Phi) is 5.91. The van der Waals surface area contributed by atoms with Crippen LogP contribution < -0.4 is 5.32 Å². The maximum atomic E-state index is 10.5. The zero-order valence-corrected chi connectivity index (χ0v) is 14.1. The topological polar surface area (TPSA) is 58.6 Å². The normalized spacial score (nSPS) is 28.5. The second-order valence-electron chi connectivity index (χ2n) is 6.86. The molecule has 0 radical (unpaired) electrons. The number of carboxylic acid groups (broad SMARTS) is 1. The summed E-state index contributed by atoms with van der Waals surface area (Å²) in [6.45, 7) is 0.961. The van der Waals surface area contributed by atoms with E-state index in [9.17, 15) is 4.79 Å². The van der Waals surface area contributed by atoms with E-state index < -0.39 is 5.97 Å². The zero-order valence-electron chi connectivity index (χ0n) is 14.1. The Bertz CT molecular complexity index is 557. The third-order valence-electron chi connectivity index (χ3n) is 5.24. The first kappa shape index (κ1) is 17.0.